The molecule has 0 unspecified atom stereocenters. The molecular weight excluding hydrogens is 394 g/mol. The molecule has 7 nitrogen and oxygen atoms in total. The summed E-state index contributed by atoms with van der Waals surface area (Å²) in [5, 5.41) is 3.56. The number of aromatic nitrogens is 2. The number of nitrogens with one attached hydrogen (secondary N) is 1. The van der Waals surface area contributed by atoms with Gasteiger partial charge in [0.2, 0.25) is 6.79 Å². The van der Waals surface area contributed by atoms with Crippen LogP contribution in [0.4, 0.5) is 5.82 Å². The zero-order chi connectivity index (χ0) is 21.4. The van der Waals surface area contributed by atoms with Crippen LogP contribution >= 0.6 is 0 Å². The molecule has 1 aliphatic heterocycles. The first-order chi connectivity index (χ1) is 15.2. The molecule has 1 aliphatic rings. The van der Waals surface area contributed by atoms with E-state index in [4.69, 9.17) is 23.9 Å². The average Bonchev–Trinajstić information content (AvgIpc) is 3.40. The van der Waals surface area contributed by atoms with Crippen LogP contribution in [-0.2, 0) is 6.54 Å². The van der Waals surface area contributed by atoms with E-state index in [9.17, 15) is 0 Å². The molecule has 0 amide bonds. The molecular formula is C24H23N3O4. The molecule has 2 aromatic carbocycles. The highest BCUT2D eigenvalue weighted by Crippen LogP contribution is 2.36. The van der Waals surface area contributed by atoms with Crippen molar-refractivity contribution < 1.29 is 18.9 Å². The molecule has 1 N–H and O–H groups in total. The first-order valence-corrected chi connectivity index (χ1v) is 10.00. The molecule has 0 radical (unpaired) electrons. The number of fused-ring (bicyclic) bond motifs is 2. The van der Waals surface area contributed by atoms with Crippen LogP contribution in [0.3, 0.4) is 0 Å². The fourth-order valence-corrected chi connectivity index (χ4v) is 3.74. The van der Waals surface area contributed by atoms with E-state index >= 15 is 0 Å². The second kappa shape index (κ2) is 7.75. The molecule has 0 atom stereocenters. The van der Waals surface area contributed by atoms with Gasteiger partial charge in [0.15, 0.2) is 23.0 Å². The topological polar surface area (TPSA) is 66.3 Å². The molecule has 0 fully saturated rings. The SMILES string of the molecule is COc1ccc(-c2nc3cc(C)ccn3c2NCc2ccc3c(c2)OCO3)cc1OC. The van der Waals surface area contributed by atoms with Gasteiger partial charge in [0.05, 0.1) is 14.2 Å². The van der Waals surface area contributed by atoms with Crippen molar-refractivity contribution >= 4 is 11.5 Å². The lowest BCUT2D eigenvalue weighted by Crippen LogP contribution is -2.03. The highest BCUT2D eigenvalue weighted by molar-refractivity contribution is 5.78. The third kappa shape index (κ3) is 3.48. The molecule has 31 heavy (non-hydrogen) atoms. The van der Waals surface area contributed by atoms with Gasteiger partial charge in [-0.2, -0.15) is 0 Å². The van der Waals surface area contributed by atoms with Crippen molar-refractivity contribution in [1.29, 1.82) is 0 Å². The minimum Gasteiger partial charge on any atom is -0.493 e. The Morgan fingerprint density at radius 2 is 1.81 bits per heavy atom. The van der Waals surface area contributed by atoms with Gasteiger partial charge in [-0.05, 0) is 60.5 Å². The third-order valence-electron chi connectivity index (χ3n) is 5.34. The monoisotopic (exact) mass is 417 g/mol. The quantitative estimate of drug-likeness (QED) is 0.492. The number of methoxy groups -OCH3 is 2. The Morgan fingerprint density at radius 1 is 0.968 bits per heavy atom. The average molecular weight is 417 g/mol. The predicted molar refractivity (Wildman–Crippen MR) is 118 cm³/mol. The van der Waals surface area contributed by atoms with Gasteiger partial charge in [-0.15, -0.1) is 0 Å². The molecule has 0 saturated heterocycles. The number of benzene rings is 2. The number of rotatable bonds is 6. The molecule has 0 bridgehead atoms. The Labute approximate surface area is 180 Å². The van der Waals surface area contributed by atoms with Gasteiger partial charge in [0, 0.05) is 18.3 Å². The molecule has 158 valence electrons. The van der Waals surface area contributed by atoms with E-state index in [1.165, 1.54) is 0 Å². The van der Waals surface area contributed by atoms with Crippen molar-refractivity contribution in [1.82, 2.24) is 9.38 Å². The number of hydrogen-bond acceptors (Lipinski definition) is 6. The lowest BCUT2D eigenvalue weighted by atomic mass is 10.1. The Morgan fingerprint density at radius 3 is 2.65 bits per heavy atom. The van der Waals surface area contributed by atoms with Gasteiger partial charge in [-0.1, -0.05) is 6.07 Å². The Kier molecular flexibility index (Phi) is 4.78. The number of pyridine rings is 1. The van der Waals surface area contributed by atoms with Gasteiger partial charge >= 0.3 is 0 Å². The van der Waals surface area contributed by atoms with Crippen LogP contribution in [0.5, 0.6) is 23.0 Å². The van der Waals surface area contributed by atoms with E-state index in [0.29, 0.717) is 18.0 Å². The summed E-state index contributed by atoms with van der Waals surface area (Å²) in [6, 6.07) is 15.9. The summed E-state index contributed by atoms with van der Waals surface area (Å²) < 4.78 is 23.9. The summed E-state index contributed by atoms with van der Waals surface area (Å²) in [7, 11) is 3.26. The maximum absolute atomic E-state index is 5.51. The van der Waals surface area contributed by atoms with Gasteiger partial charge in [-0.25, -0.2) is 4.98 Å². The van der Waals surface area contributed by atoms with Crippen LogP contribution < -0.4 is 24.3 Å². The summed E-state index contributed by atoms with van der Waals surface area (Å²) in [4.78, 5) is 4.90. The maximum Gasteiger partial charge on any atom is 0.231 e. The second-order valence-corrected chi connectivity index (χ2v) is 7.35. The van der Waals surface area contributed by atoms with E-state index in [2.05, 4.69) is 28.8 Å². The lowest BCUT2D eigenvalue weighted by molar-refractivity contribution is 0.174. The Balaban J connectivity index is 1.55. The summed E-state index contributed by atoms with van der Waals surface area (Å²) in [6.45, 7) is 2.94. The zero-order valence-electron chi connectivity index (χ0n) is 17.6. The lowest BCUT2D eigenvalue weighted by Gasteiger charge is -2.12. The molecule has 0 aliphatic carbocycles. The van der Waals surface area contributed by atoms with Gasteiger partial charge < -0.3 is 24.3 Å². The van der Waals surface area contributed by atoms with E-state index in [1.54, 1.807) is 14.2 Å². The van der Waals surface area contributed by atoms with Crippen LogP contribution in [0.15, 0.2) is 54.7 Å². The first-order valence-electron chi connectivity index (χ1n) is 10.00. The molecule has 2 aromatic heterocycles. The van der Waals surface area contributed by atoms with Gasteiger partial charge in [0.1, 0.15) is 17.2 Å². The Hall–Kier alpha value is -3.87. The molecule has 7 heteroatoms. The summed E-state index contributed by atoms with van der Waals surface area (Å²) in [6.07, 6.45) is 2.03. The number of ether oxygens (including phenoxy) is 4. The number of aryl methyl sites for hydroxylation is 1. The van der Waals surface area contributed by atoms with E-state index in [-0.39, 0.29) is 6.79 Å². The normalized spacial score (nSPS) is 12.2. The van der Waals surface area contributed by atoms with Crippen LogP contribution in [0.25, 0.3) is 16.9 Å². The molecule has 4 aromatic rings. The number of hydrogen-bond donors (Lipinski definition) is 1. The minimum absolute atomic E-state index is 0.266. The standard InChI is InChI=1S/C24H23N3O4/c1-15-8-9-27-22(10-15)26-23(17-5-7-18(28-2)20(12-17)29-3)24(27)25-13-16-4-6-19-21(11-16)31-14-30-19/h4-12,25H,13-14H2,1-3H3. The highest BCUT2D eigenvalue weighted by atomic mass is 16.7. The number of imidazole rings is 1. The van der Waals surface area contributed by atoms with Crippen LogP contribution in [0.2, 0.25) is 0 Å². The predicted octanol–water partition coefficient (Wildman–Crippen LogP) is 4.67. The van der Waals surface area contributed by atoms with E-state index in [0.717, 1.165) is 45.3 Å². The maximum atomic E-state index is 5.51. The van der Waals surface area contributed by atoms with Crippen molar-refractivity contribution in [3.05, 3.63) is 65.9 Å². The number of anilines is 1. The van der Waals surface area contributed by atoms with Crippen LogP contribution in [-0.4, -0.2) is 30.4 Å². The van der Waals surface area contributed by atoms with Crippen molar-refractivity contribution in [2.24, 2.45) is 0 Å². The smallest absolute Gasteiger partial charge is 0.231 e. The third-order valence-corrected chi connectivity index (χ3v) is 5.34. The fraction of sp³-hybridized carbons (Fsp3) is 0.208. The molecule has 5 rings (SSSR count). The van der Waals surface area contributed by atoms with Crippen LogP contribution in [0.1, 0.15) is 11.1 Å². The zero-order valence-corrected chi connectivity index (χ0v) is 17.6. The van der Waals surface area contributed by atoms with Crippen molar-refractivity contribution in [3.63, 3.8) is 0 Å². The summed E-state index contributed by atoms with van der Waals surface area (Å²) >= 11 is 0. The molecule has 3 heterocycles. The van der Waals surface area contributed by atoms with Gasteiger partial charge in [0.25, 0.3) is 0 Å². The molecule has 0 saturated carbocycles. The fourth-order valence-electron chi connectivity index (χ4n) is 3.74. The highest BCUT2D eigenvalue weighted by Gasteiger charge is 2.17. The van der Waals surface area contributed by atoms with Crippen molar-refractivity contribution in [2.75, 3.05) is 26.3 Å². The van der Waals surface area contributed by atoms with E-state index in [1.807, 2.05) is 42.6 Å². The second-order valence-electron chi connectivity index (χ2n) is 7.35. The number of nitrogens with zero attached hydrogens (tertiary/aromatic N) is 2. The summed E-state index contributed by atoms with van der Waals surface area (Å²) in [5.41, 5.74) is 4.89. The minimum atomic E-state index is 0.266. The summed E-state index contributed by atoms with van der Waals surface area (Å²) in [5.74, 6) is 3.80. The van der Waals surface area contributed by atoms with Crippen molar-refractivity contribution in [2.45, 2.75) is 13.5 Å². The first kappa shape index (κ1) is 19.1. The van der Waals surface area contributed by atoms with E-state index < -0.39 is 0 Å². The Bertz CT molecular complexity index is 1270. The van der Waals surface area contributed by atoms with Gasteiger partial charge in [-0.3, -0.25) is 4.40 Å². The van der Waals surface area contributed by atoms with Crippen LogP contribution in [0, 0.1) is 6.92 Å². The molecule has 0 spiro atoms. The largest absolute Gasteiger partial charge is 0.493 e. The van der Waals surface area contributed by atoms with Crippen molar-refractivity contribution in [3.8, 4) is 34.3 Å².